The van der Waals surface area contributed by atoms with Gasteiger partial charge in [0.1, 0.15) is 5.58 Å². The van der Waals surface area contributed by atoms with Crippen LogP contribution in [0.15, 0.2) is 22.6 Å². The maximum absolute atomic E-state index is 10.9. The standard InChI is InChI=1S/C11H9NO5/c1-2-7-8-5-6(12(15)16)3-4-9(8)17-10(7)11(13)14/h3-5H,2H2,1H3,(H,13,14). The van der Waals surface area contributed by atoms with E-state index in [-0.39, 0.29) is 11.4 Å². The third-order valence-corrected chi connectivity index (χ3v) is 2.53. The quantitative estimate of drug-likeness (QED) is 0.651. The summed E-state index contributed by atoms with van der Waals surface area (Å²) < 4.78 is 5.16. The van der Waals surface area contributed by atoms with Gasteiger partial charge in [0.2, 0.25) is 5.76 Å². The number of rotatable bonds is 3. The highest BCUT2D eigenvalue weighted by Crippen LogP contribution is 2.29. The largest absolute Gasteiger partial charge is 0.475 e. The molecule has 1 aromatic heterocycles. The molecule has 6 nitrogen and oxygen atoms in total. The predicted octanol–water partition coefficient (Wildman–Crippen LogP) is 2.60. The van der Waals surface area contributed by atoms with E-state index in [1.807, 2.05) is 0 Å². The number of hydrogen-bond acceptors (Lipinski definition) is 4. The number of furan rings is 1. The van der Waals surface area contributed by atoms with Crippen LogP contribution < -0.4 is 0 Å². The highest BCUT2D eigenvalue weighted by Gasteiger charge is 2.20. The molecule has 0 amide bonds. The maximum atomic E-state index is 10.9. The monoisotopic (exact) mass is 235 g/mol. The topological polar surface area (TPSA) is 93.6 Å². The van der Waals surface area contributed by atoms with Crippen LogP contribution in [0.25, 0.3) is 11.0 Å². The van der Waals surface area contributed by atoms with E-state index in [9.17, 15) is 14.9 Å². The molecule has 0 radical (unpaired) electrons. The van der Waals surface area contributed by atoms with Gasteiger partial charge in [-0.2, -0.15) is 0 Å². The van der Waals surface area contributed by atoms with Gasteiger partial charge in [-0.25, -0.2) is 4.79 Å². The van der Waals surface area contributed by atoms with Crippen LogP contribution >= 0.6 is 0 Å². The summed E-state index contributed by atoms with van der Waals surface area (Å²) in [5, 5.41) is 20.1. The minimum atomic E-state index is -1.17. The Labute approximate surface area is 95.6 Å². The molecule has 0 aliphatic heterocycles. The number of non-ortho nitro benzene ring substituents is 1. The van der Waals surface area contributed by atoms with Crippen molar-refractivity contribution < 1.29 is 19.2 Å². The first kappa shape index (κ1) is 11.1. The van der Waals surface area contributed by atoms with Crippen LogP contribution in [0.4, 0.5) is 5.69 Å². The van der Waals surface area contributed by atoms with E-state index < -0.39 is 10.9 Å². The van der Waals surface area contributed by atoms with Crippen molar-refractivity contribution >= 4 is 22.6 Å². The molecule has 2 rings (SSSR count). The first-order valence-electron chi connectivity index (χ1n) is 4.97. The number of aryl methyl sites for hydroxylation is 1. The Kier molecular flexibility index (Phi) is 2.55. The molecule has 6 heteroatoms. The summed E-state index contributed by atoms with van der Waals surface area (Å²) in [4.78, 5) is 21.1. The van der Waals surface area contributed by atoms with E-state index >= 15 is 0 Å². The second kappa shape index (κ2) is 3.89. The average Bonchev–Trinajstić information content (AvgIpc) is 2.66. The van der Waals surface area contributed by atoms with Crippen molar-refractivity contribution in [2.24, 2.45) is 0 Å². The van der Waals surface area contributed by atoms with Gasteiger partial charge in [0, 0.05) is 23.1 Å². The molecule has 0 bridgehead atoms. The second-order valence-corrected chi connectivity index (χ2v) is 3.51. The summed E-state index contributed by atoms with van der Waals surface area (Å²) >= 11 is 0. The van der Waals surface area contributed by atoms with Crippen LogP contribution in [0, 0.1) is 10.1 Å². The van der Waals surface area contributed by atoms with Gasteiger partial charge in [0.05, 0.1) is 4.92 Å². The molecule has 0 saturated heterocycles. The van der Waals surface area contributed by atoms with Gasteiger partial charge < -0.3 is 9.52 Å². The fourth-order valence-corrected chi connectivity index (χ4v) is 1.77. The summed E-state index contributed by atoms with van der Waals surface area (Å²) in [5.41, 5.74) is 0.756. The van der Waals surface area contributed by atoms with Crippen LogP contribution in [-0.2, 0) is 6.42 Å². The van der Waals surface area contributed by atoms with Crippen LogP contribution in [0.1, 0.15) is 23.0 Å². The van der Waals surface area contributed by atoms with Crippen molar-refractivity contribution in [1.29, 1.82) is 0 Å². The number of nitro benzene ring substituents is 1. The molecule has 0 unspecified atom stereocenters. The highest BCUT2D eigenvalue weighted by atomic mass is 16.6. The Balaban J connectivity index is 2.75. The lowest BCUT2D eigenvalue weighted by Gasteiger charge is -1.94. The molecule has 0 atom stereocenters. The summed E-state index contributed by atoms with van der Waals surface area (Å²) in [6.45, 7) is 1.77. The highest BCUT2D eigenvalue weighted by molar-refractivity contribution is 5.95. The van der Waals surface area contributed by atoms with E-state index in [2.05, 4.69) is 0 Å². The van der Waals surface area contributed by atoms with Gasteiger partial charge in [-0.1, -0.05) is 6.92 Å². The molecular weight excluding hydrogens is 226 g/mol. The summed E-state index contributed by atoms with van der Waals surface area (Å²) in [6.07, 6.45) is 0.440. The Bertz CT molecular complexity index is 614. The number of fused-ring (bicyclic) bond motifs is 1. The van der Waals surface area contributed by atoms with Gasteiger partial charge in [0.15, 0.2) is 0 Å². The Morgan fingerprint density at radius 2 is 2.24 bits per heavy atom. The third-order valence-electron chi connectivity index (χ3n) is 2.53. The van der Waals surface area contributed by atoms with Gasteiger partial charge in [-0.3, -0.25) is 10.1 Å². The van der Waals surface area contributed by atoms with Crippen molar-refractivity contribution in [1.82, 2.24) is 0 Å². The SMILES string of the molecule is CCc1c(C(=O)O)oc2ccc([N+](=O)[O-])cc12. The third kappa shape index (κ3) is 1.73. The molecule has 0 fully saturated rings. The zero-order chi connectivity index (χ0) is 12.6. The number of carboxylic acids is 1. The number of nitrogens with zero attached hydrogens (tertiary/aromatic N) is 1. The Morgan fingerprint density at radius 1 is 1.53 bits per heavy atom. The van der Waals surface area contributed by atoms with E-state index in [1.165, 1.54) is 18.2 Å². The first-order chi connectivity index (χ1) is 8.04. The van der Waals surface area contributed by atoms with Crippen LogP contribution in [0.3, 0.4) is 0 Å². The fraction of sp³-hybridized carbons (Fsp3) is 0.182. The normalized spacial score (nSPS) is 10.6. The van der Waals surface area contributed by atoms with Crippen molar-refractivity contribution in [3.63, 3.8) is 0 Å². The molecule has 17 heavy (non-hydrogen) atoms. The summed E-state index contributed by atoms with van der Waals surface area (Å²) in [5.74, 6) is -1.32. The molecular formula is C11H9NO5. The van der Waals surface area contributed by atoms with Gasteiger partial charge in [-0.05, 0) is 12.5 Å². The van der Waals surface area contributed by atoms with Crippen LogP contribution in [0.2, 0.25) is 0 Å². The molecule has 0 aliphatic rings. The first-order valence-corrected chi connectivity index (χ1v) is 4.97. The smallest absolute Gasteiger partial charge is 0.372 e. The number of hydrogen-bond donors (Lipinski definition) is 1. The molecule has 1 aromatic carbocycles. The molecule has 0 saturated carbocycles. The lowest BCUT2D eigenvalue weighted by molar-refractivity contribution is -0.384. The maximum Gasteiger partial charge on any atom is 0.372 e. The molecule has 0 spiro atoms. The Morgan fingerprint density at radius 3 is 2.76 bits per heavy atom. The number of aromatic carboxylic acids is 1. The Hall–Kier alpha value is -2.37. The van der Waals surface area contributed by atoms with Crippen LogP contribution in [0.5, 0.6) is 0 Å². The van der Waals surface area contributed by atoms with Crippen molar-refractivity contribution in [3.8, 4) is 0 Å². The predicted molar refractivity (Wildman–Crippen MR) is 59.2 cm³/mol. The minimum Gasteiger partial charge on any atom is -0.475 e. The van der Waals surface area contributed by atoms with Crippen molar-refractivity contribution in [2.75, 3.05) is 0 Å². The number of benzene rings is 1. The number of carbonyl (C=O) groups is 1. The number of nitro groups is 1. The van der Waals surface area contributed by atoms with Crippen LogP contribution in [-0.4, -0.2) is 16.0 Å². The van der Waals surface area contributed by atoms with Gasteiger partial charge >= 0.3 is 5.97 Å². The molecule has 2 aromatic rings. The van der Waals surface area contributed by atoms with E-state index in [1.54, 1.807) is 6.92 Å². The van der Waals surface area contributed by atoms with Crippen molar-refractivity contribution in [3.05, 3.63) is 39.6 Å². The van der Waals surface area contributed by atoms with Gasteiger partial charge in [0.25, 0.3) is 5.69 Å². The summed E-state index contributed by atoms with van der Waals surface area (Å²) in [6, 6.07) is 4.04. The molecule has 88 valence electrons. The van der Waals surface area contributed by atoms with Gasteiger partial charge in [-0.15, -0.1) is 0 Å². The van der Waals surface area contributed by atoms with E-state index in [0.29, 0.717) is 23.0 Å². The zero-order valence-electron chi connectivity index (χ0n) is 8.97. The lowest BCUT2D eigenvalue weighted by atomic mass is 10.1. The lowest BCUT2D eigenvalue weighted by Crippen LogP contribution is -1.97. The number of carboxylic acid groups (broad SMARTS) is 1. The summed E-state index contributed by atoms with van der Waals surface area (Å²) in [7, 11) is 0. The second-order valence-electron chi connectivity index (χ2n) is 3.51. The zero-order valence-corrected chi connectivity index (χ0v) is 8.97. The van der Waals surface area contributed by atoms with E-state index in [0.717, 1.165) is 0 Å². The molecule has 0 aliphatic carbocycles. The molecule has 1 heterocycles. The minimum absolute atomic E-state index is 0.0788. The molecule has 1 N–H and O–H groups in total. The average molecular weight is 235 g/mol. The van der Waals surface area contributed by atoms with E-state index in [4.69, 9.17) is 9.52 Å². The fourth-order valence-electron chi connectivity index (χ4n) is 1.77. The van der Waals surface area contributed by atoms with Crippen molar-refractivity contribution in [2.45, 2.75) is 13.3 Å².